The summed E-state index contributed by atoms with van der Waals surface area (Å²) in [5.74, 6) is 0.125. The minimum atomic E-state index is -0.972. The van der Waals surface area contributed by atoms with Crippen LogP contribution in [0.25, 0.3) is 0 Å². The highest BCUT2D eigenvalue weighted by Crippen LogP contribution is 2.23. The molecule has 1 fully saturated rings. The van der Waals surface area contributed by atoms with Crippen molar-refractivity contribution in [3.05, 3.63) is 0 Å². The number of carboxylic acid groups (broad SMARTS) is 1. The summed E-state index contributed by atoms with van der Waals surface area (Å²) in [6.45, 7) is 7.51. The zero-order chi connectivity index (χ0) is 13.0. The van der Waals surface area contributed by atoms with E-state index in [1.54, 1.807) is 11.8 Å². The number of hydrogen-bond donors (Lipinski definition) is 2. The van der Waals surface area contributed by atoms with Crippen LogP contribution in [-0.2, 0) is 4.79 Å². The van der Waals surface area contributed by atoms with Gasteiger partial charge in [-0.15, -0.1) is 0 Å². The summed E-state index contributed by atoms with van der Waals surface area (Å²) in [5.41, 5.74) is 0. The quantitative estimate of drug-likeness (QED) is 0.785. The Labute approximate surface area is 102 Å². The molecule has 1 saturated heterocycles. The van der Waals surface area contributed by atoms with Gasteiger partial charge in [0.05, 0.1) is 0 Å². The van der Waals surface area contributed by atoms with Crippen molar-refractivity contribution < 1.29 is 14.7 Å². The van der Waals surface area contributed by atoms with E-state index in [1.807, 2.05) is 0 Å². The lowest BCUT2D eigenvalue weighted by molar-refractivity contribution is -0.139. The third kappa shape index (κ3) is 3.61. The van der Waals surface area contributed by atoms with E-state index in [-0.39, 0.29) is 6.03 Å². The van der Waals surface area contributed by atoms with Crippen LogP contribution in [0.4, 0.5) is 4.79 Å². The predicted molar refractivity (Wildman–Crippen MR) is 64.8 cm³/mol. The summed E-state index contributed by atoms with van der Waals surface area (Å²) in [5, 5.41) is 11.4. The minimum Gasteiger partial charge on any atom is -0.480 e. The number of carboxylic acids is 1. The van der Waals surface area contributed by atoms with E-state index in [4.69, 9.17) is 5.11 Å². The van der Waals surface area contributed by atoms with E-state index in [1.165, 1.54) is 0 Å². The largest absolute Gasteiger partial charge is 0.480 e. The van der Waals surface area contributed by atoms with Crippen LogP contribution in [0.15, 0.2) is 0 Å². The van der Waals surface area contributed by atoms with Crippen LogP contribution >= 0.6 is 0 Å². The highest BCUT2D eigenvalue weighted by molar-refractivity contribution is 5.82. The SMILES string of the molecule is CCC(NC(=O)N1CCC(C(C)C)C1)C(=O)O. The van der Waals surface area contributed by atoms with Gasteiger partial charge in [-0.25, -0.2) is 9.59 Å². The molecule has 2 unspecified atom stereocenters. The Kier molecular flexibility index (Phi) is 4.78. The molecule has 1 aliphatic heterocycles. The lowest BCUT2D eigenvalue weighted by atomic mass is 9.95. The number of likely N-dealkylation sites (tertiary alicyclic amines) is 1. The van der Waals surface area contributed by atoms with Crippen molar-refractivity contribution in [2.45, 2.75) is 39.7 Å². The van der Waals surface area contributed by atoms with Crippen LogP contribution in [0.3, 0.4) is 0 Å². The Morgan fingerprint density at radius 3 is 2.53 bits per heavy atom. The molecule has 98 valence electrons. The summed E-state index contributed by atoms with van der Waals surface area (Å²) in [6, 6.07) is -1.03. The van der Waals surface area contributed by atoms with Crippen molar-refractivity contribution >= 4 is 12.0 Å². The lowest BCUT2D eigenvalue weighted by Crippen LogP contribution is -2.47. The zero-order valence-electron chi connectivity index (χ0n) is 10.8. The average molecular weight is 242 g/mol. The first-order valence-corrected chi connectivity index (χ1v) is 6.24. The van der Waals surface area contributed by atoms with Crippen molar-refractivity contribution in [1.29, 1.82) is 0 Å². The maximum Gasteiger partial charge on any atom is 0.326 e. The Bertz CT molecular complexity index is 291. The van der Waals surface area contributed by atoms with Crippen molar-refractivity contribution in [2.75, 3.05) is 13.1 Å². The minimum absolute atomic E-state index is 0.248. The Morgan fingerprint density at radius 1 is 1.47 bits per heavy atom. The van der Waals surface area contributed by atoms with E-state index in [2.05, 4.69) is 19.2 Å². The van der Waals surface area contributed by atoms with Gasteiger partial charge in [0.1, 0.15) is 6.04 Å². The third-order valence-corrected chi connectivity index (χ3v) is 3.46. The van der Waals surface area contributed by atoms with E-state index in [0.29, 0.717) is 18.3 Å². The van der Waals surface area contributed by atoms with Gasteiger partial charge in [0.15, 0.2) is 0 Å². The normalized spacial score (nSPS) is 21.6. The van der Waals surface area contributed by atoms with Crippen LogP contribution in [0.2, 0.25) is 0 Å². The van der Waals surface area contributed by atoms with Crippen LogP contribution in [0.5, 0.6) is 0 Å². The maximum absolute atomic E-state index is 11.8. The molecule has 2 N–H and O–H groups in total. The van der Waals surface area contributed by atoms with Gasteiger partial charge in [-0.05, 0) is 24.7 Å². The second-order valence-electron chi connectivity index (χ2n) is 4.99. The van der Waals surface area contributed by atoms with Gasteiger partial charge in [-0.2, -0.15) is 0 Å². The highest BCUT2D eigenvalue weighted by Gasteiger charge is 2.29. The smallest absolute Gasteiger partial charge is 0.326 e. The van der Waals surface area contributed by atoms with E-state index >= 15 is 0 Å². The molecule has 5 nitrogen and oxygen atoms in total. The molecule has 0 saturated carbocycles. The Hall–Kier alpha value is -1.26. The van der Waals surface area contributed by atoms with Crippen LogP contribution in [-0.4, -0.2) is 41.1 Å². The summed E-state index contributed by atoms with van der Waals surface area (Å²) in [4.78, 5) is 24.4. The van der Waals surface area contributed by atoms with Crippen LogP contribution in [0, 0.1) is 11.8 Å². The number of urea groups is 1. The second-order valence-corrected chi connectivity index (χ2v) is 4.99. The number of nitrogens with zero attached hydrogens (tertiary/aromatic N) is 1. The number of rotatable bonds is 4. The molecule has 0 bridgehead atoms. The summed E-state index contributed by atoms with van der Waals surface area (Å²) < 4.78 is 0. The third-order valence-electron chi connectivity index (χ3n) is 3.46. The molecule has 5 heteroatoms. The standard InChI is InChI=1S/C12H22N2O3/c1-4-10(11(15)16)13-12(17)14-6-5-9(7-14)8(2)3/h8-10H,4-7H2,1-3H3,(H,13,17)(H,15,16). The molecule has 0 aromatic carbocycles. The molecule has 0 aromatic heterocycles. The average Bonchev–Trinajstić information content (AvgIpc) is 2.74. The predicted octanol–water partition coefficient (Wildman–Crippen LogP) is 1.54. The van der Waals surface area contributed by atoms with E-state index in [9.17, 15) is 9.59 Å². The molecular weight excluding hydrogens is 220 g/mol. The first-order chi connectivity index (χ1) is 7.95. The molecule has 0 radical (unpaired) electrons. The number of nitrogens with one attached hydrogen (secondary N) is 1. The van der Waals surface area contributed by atoms with Crippen molar-refractivity contribution in [3.63, 3.8) is 0 Å². The summed E-state index contributed by atoms with van der Waals surface area (Å²) in [6.07, 6.45) is 1.41. The number of hydrogen-bond acceptors (Lipinski definition) is 2. The van der Waals surface area contributed by atoms with Gasteiger partial charge in [-0.1, -0.05) is 20.8 Å². The number of amides is 2. The Morgan fingerprint density at radius 2 is 2.12 bits per heavy atom. The fourth-order valence-corrected chi connectivity index (χ4v) is 2.09. The van der Waals surface area contributed by atoms with Crippen molar-refractivity contribution in [1.82, 2.24) is 10.2 Å². The first kappa shape index (κ1) is 13.8. The molecule has 0 aromatic rings. The van der Waals surface area contributed by atoms with Gasteiger partial charge in [0.2, 0.25) is 0 Å². The first-order valence-electron chi connectivity index (χ1n) is 6.24. The molecule has 1 heterocycles. The van der Waals surface area contributed by atoms with Gasteiger partial charge in [0.25, 0.3) is 0 Å². The monoisotopic (exact) mass is 242 g/mol. The number of carbonyl (C=O) groups is 2. The number of aliphatic carboxylic acids is 1. The summed E-state index contributed by atoms with van der Waals surface area (Å²) in [7, 11) is 0. The Balaban J connectivity index is 2.47. The maximum atomic E-state index is 11.8. The lowest BCUT2D eigenvalue weighted by Gasteiger charge is -2.21. The van der Waals surface area contributed by atoms with Crippen molar-refractivity contribution in [2.24, 2.45) is 11.8 Å². The molecule has 1 aliphatic rings. The molecule has 2 atom stereocenters. The molecule has 0 spiro atoms. The fraction of sp³-hybridized carbons (Fsp3) is 0.833. The number of carbonyl (C=O) groups excluding carboxylic acids is 1. The van der Waals surface area contributed by atoms with Crippen molar-refractivity contribution in [3.8, 4) is 0 Å². The van der Waals surface area contributed by atoms with Crippen LogP contribution in [0.1, 0.15) is 33.6 Å². The topological polar surface area (TPSA) is 69.6 Å². The zero-order valence-corrected chi connectivity index (χ0v) is 10.8. The fourth-order valence-electron chi connectivity index (χ4n) is 2.09. The van der Waals surface area contributed by atoms with E-state index in [0.717, 1.165) is 19.5 Å². The van der Waals surface area contributed by atoms with Crippen LogP contribution < -0.4 is 5.32 Å². The molecule has 1 rings (SSSR count). The van der Waals surface area contributed by atoms with Gasteiger partial charge in [-0.3, -0.25) is 0 Å². The highest BCUT2D eigenvalue weighted by atomic mass is 16.4. The van der Waals surface area contributed by atoms with Gasteiger partial charge < -0.3 is 15.3 Å². The molecule has 17 heavy (non-hydrogen) atoms. The molecular formula is C12H22N2O3. The van der Waals surface area contributed by atoms with Gasteiger partial charge >= 0.3 is 12.0 Å². The second kappa shape index (κ2) is 5.89. The molecule has 2 amide bonds. The molecule has 0 aliphatic carbocycles. The van der Waals surface area contributed by atoms with Gasteiger partial charge in [0, 0.05) is 13.1 Å². The summed E-state index contributed by atoms with van der Waals surface area (Å²) >= 11 is 0. The van der Waals surface area contributed by atoms with E-state index < -0.39 is 12.0 Å².